The largest absolute Gasteiger partial charge is 0.471 e. The topological polar surface area (TPSA) is 12.5 Å². The molecule has 0 spiro atoms. The van der Waals surface area contributed by atoms with Gasteiger partial charge in [-0.15, -0.1) is 0 Å². The Bertz CT molecular complexity index is 866. The quantitative estimate of drug-likeness (QED) is 0.637. The lowest BCUT2D eigenvalue weighted by molar-refractivity contribution is 0.308. The van der Waals surface area contributed by atoms with Crippen molar-refractivity contribution in [2.24, 2.45) is 0 Å². The molecule has 0 saturated heterocycles. The summed E-state index contributed by atoms with van der Waals surface area (Å²) in [4.78, 5) is 2.15. The Balaban J connectivity index is 1.59. The van der Waals surface area contributed by atoms with E-state index in [-0.39, 0.29) is 0 Å². The van der Waals surface area contributed by atoms with E-state index < -0.39 is 0 Å². The fourth-order valence-electron chi connectivity index (χ4n) is 3.00. The highest BCUT2D eigenvalue weighted by atomic mass is 16.5. The number of ether oxygens (including phenoxy) is 1. The molecule has 24 heavy (non-hydrogen) atoms. The predicted molar refractivity (Wildman–Crippen MR) is 99.5 cm³/mol. The second-order valence-corrected chi connectivity index (χ2v) is 5.97. The minimum atomic E-state index is 0.556. The average molecular weight is 313 g/mol. The molecule has 0 amide bonds. The molecule has 1 aliphatic heterocycles. The Morgan fingerprint density at radius 1 is 0.708 bits per heavy atom. The van der Waals surface area contributed by atoms with E-state index in [0.717, 1.165) is 11.3 Å². The Hall–Kier alpha value is -3.00. The van der Waals surface area contributed by atoms with Gasteiger partial charge in [0.25, 0.3) is 0 Å². The summed E-state index contributed by atoms with van der Waals surface area (Å²) in [5.41, 5.74) is 5.98. The molecule has 118 valence electrons. The monoisotopic (exact) mass is 313 g/mol. The minimum Gasteiger partial charge on any atom is -0.471 e. The Kier molecular flexibility index (Phi) is 3.80. The van der Waals surface area contributed by atoms with E-state index in [1.807, 2.05) is 6.07 Å². The molecule has 2 heteroatoms. The van der Waals surface area contributed by atoms with E-state index in [9.17, 15) is 0 Å². The van der Waals surface area contributed by atoms with Gasteiger partial charge in [0.05, 0.1) is 6.20 Å². The van der Waals surface area contributed by atoms with Crippen molar-refractivity contribution in [1.29, 1.82) is 0 Å². The molecule has 1 aliphatic rings. The molecule has 0 unspecified atom stereocenters. The van der Waals surface area contributed by atoms with Crippen molar-refractivity contribution in [3.8, 4) is 11.1 Å². The zero-order valence-corrected chi connectivity index (χ0v) is 13.6. The van der Waals surface area contributed by atoms with Gasteiger partial charge in [0.1, 0.15) is 5.76 Å². The van der Waals surface area contributed by atoms with Crippen molar-refractivity contribution in [3.05, 3.63) is 96.2 Å². The second-order valence-electron chi connectivity index (χ2n) is 5.97. The average Bonchev–Trinajstić information content (AvgIpc) is 3.13. The SMILES string of the molecule is Cc1ccccc1N1C=C(c2ccc(-c3ccccc3)cc2)OC1. The first-order chi connectivity index (χ1) is 11.8. The highest BCUT2D eigenvalue weighted by Gasteiger charge is 2.17. The van der Waals surface area contributed by atoms with Crippen LogP contribution in [0.3, 0.4) is 0 Å². The lowest BCUT2D eigenvalue weighted by Gasteiger charge is -2.15. The van der Waals surface area contributed by atoms with Crippen molar-refractivity contribution in [3.63, 3.8) is 0 Å². The van der Waals surface area contributed by atoms with Crippen LogP contribution in [-0.2, 0) is 4.74 Å². The summed E-state index contributed by atoms with van der Waals surface area (Å²) in [7, 11) is 0. The van der Waals surface area contributed by atoms with Crippen molar-refractivity contribution in [2.45, 2.75) is 6.92 Å². The molecule has 0 saturated carbocycles. The van der Waals surface area contributed by atoms with E-state index in [4.69, 9.17) is 4.74 Å². The van der Waals surface area contributed by atoms with Gasteiger partial charge in [-0.25, -0.2) is 0 Å². The lowest BCUT2D eigenvalue weighted by Crippen LogP contribution is -2.13. The summed E-state index contributed by atoms with van der Waals surface area (Å²) in [5, 5.41) is 0. The summed E-state index contributed by atoms with van der Waals surface area (Å²) >= 11 is 0. The number of hydrogen-bond donors (Lipinski definition) is 0. The number of para-hydroxylation sites is 1. The van der Waals surface area contributed by atoms with Gasteiger partial charge in [-0.05, 0) is 29.7 Å². The third-order valence-electron chi connectivity index (χ3n) is 4.33. The zero-order chi connectivity index (χ0) is 16.4. The molecule has 3 aromatic carbocycles. The van der Waals surface area contributed by atoms with Crippen LogP contribution < -0.4 is 4.90 Å². The van der Waals surface area contributed by atoms with Crippen LogP contribution >= 0.6 is 0 Å². The zero-order valence-electron chi connectivity index (χ0n) is 13.6. The first-order valence-electron chi connectivity index (χ1n) is 8.14. The van der Waals surface area contributed by atoms with Crippen molar-refractivity contribution < 1.29 is 4.74 Å². The van der Waals surface area contributed by atoms with Crippen LogP contribution in [0.25, 0.3) is 16.9 Å². The first-order valence-corrected chi connectivity index (χ1v) is 8.14. The molecule has 0 atom stereocenters. The minimum absolute atomic E-state index is 0.556. The van der Waals surface area contributed by atoms with Gasteiger partial charge in [-0.1, -0.05) is 72.8 Å². The van der Waals surface area contributed by atoms with Crippen LogP contribution in [0, 0.1) is 6.92 Å². The highest BCUT2D eigenvalue weighted by Crippen LogP contribution is 2.30. The number of aryl methyl sites for hydroxylation is 1. The first kappa shape index (κ1) is 14.6. The molecule has 3 aromatic rings. The Morgan fingerprint density at radius 3 is 2.08 bits per heavy atom. The van der Waals surface area contributed by atoms with E-state index >= 15 is 0 Å². The van der Waals surface area contributed by atoms with E-state index in [2.05, 4.69) is 90.8 Å². The molecule has 0 aliphatic carbocycles. The summed E-state index contributed by atoms with van der Waals surface area (Å²) in [6.45, 7) is 2.68. The van der Waals surface area contributed by atoms with Gasteiger partial charge in [-0.3, -0.25) is 0 Å². The molecule has 0 fully saturated rings. The fraction of sp³-hybridized carbons (Fsp3) is 0.0909. The normalized spacial score (nSPS) is 13.5. The molecule has 0 aromatic heterocycles. The molecule has 0 N–H and O–H groups in total. The highest BCUT2D eigenvalue weighted by molar-refractivity contribution is 5.71. The van der Waals surface area contributed by atoms with Crippen LogP contribution in [0.15, 0.2) is 85.1 Å². The maximum absolute atomic E-state index is 5.89. The summed E-state index contributed by atoms with van der Waals surface area (Å²) in [6.07, 6.45) is 2.08. The summed E-state index contributed by atoms with van der Waals surface area (Å²) < 4.78 is 5.89. The second kappa shape index (κ2) is 6.25. The number of rotatable bonds is 3. The van der Waals surface area contributed by atoms with Crippen molar-refractivity contribution in [2.75, 3.05) is 11.6 Å². The number of benzene rings is 3. The Morgan fingerprint density at radius 2 is 1.33 bits per heavy atom. The van der Waals surface area contributed by atoms with E-state index in [1.165, 1.54) is 22.4 Å². The van der Waals surface area contributed by atoms with Crippen LogP contribution in [0.4, 0.5) is 5.69 Å². The molecule has 2 nitrogen and oxygen atoms in total. The van der Waals surface area contributed by atoms with Crippen LogP contribution in [0.5, 0.6) is 0 Å². The van der Waals surface area contributed by atoms with E-state index in [0.29, 0.717) is 6.73 Å². The van der Waals surface area contributed by atoms with Gasteiger partial charge in [-0.2, -0.15) is 0 Å². The van der Waals surface area contributed by atoms with Gasteiger partial charge < -0.3 is 9.64 Å². The molecule has 0 radical (unpaired) electrons. The van der Waals surface area contributed by atoms with Crippen LogP contribution in [-0.4, -0.2) is 6.73 Å². The number of anilines is 1. The number of nitrogens with zero attached hydrogens (tertiary/aromatic N) is 1. The van der Waals surface area contributed by atoms with E-state index in [1.54, 1.807) is 0 Å². The maximum Gasteiger partial charge on any atom is 0.165 e. The lowest BCUT2D eigenvalue weighted by atomic mass is 10.0. The van der Waals surface area contributed by atoms with Crippen molar-refractivity contribution >= 4 is 11.4 Å². The fourth-order valence-corrected chi connectivity index (χ4v) is 3.00. The molecule has 1 heterocycles. The Labute approximate surface area is 142 Å². The predicted octanol–water partition coefficient (Wildman–Crippen LogP) is 5.45. The van der Waals surface area contributed by atoms with Gasteiger partial charge in [0, 0.05) is 11.3 Å². The smallest absolute Gasteiger partial charge is 0.165 e. The molecule has 0 bridgehead atoms. The number of hydrogen-bond acceptors (Lipinski definition) is 2. The summed E-state index contributed by atoms with van der Waals surface area (Å²) in [5.74, 6) is 0.915. The van der Waals surface area contributed by atoms with Gasteiger partial charge in [0.2, 0.25) is 0 Å². The molecular formula is C22H19NO. The third-order valence-corrected chi connectivity index (χ3v) is 4.33. The van der Waals surface area contributed by atoms with Crippen molar-refractivity contribution in [1.82, 2.24) is 0 Å². The van der Waals surface area contributed by atoms with Crippen LogP contribution in [0.2, 0.25) is 0 Å². The third kappa shape index (κ3) is 2.79. The molecular weight excluding hydrogens is 294 g/mol. The summed E-state index contributed by atoms with van der Waals surface area (Å²) in [6, 6.07) is 27.3. The molecule has 4 rings (SSSR count). The standard InChI is InChI=1S/C22H19NO/c1-17-7-5-6-10-21(17)23-15-22(24-16-23)20-13-11-19(12-14-20)18-8-3-2-4-9-18/h2-15H,16H2,1H3. The van der Waals surface area contributed by atoms with Gasteiger partial charge in [0.15, 0.2) is 6.73 Å². The maximum atomic E-state index is 5.89. The van der Waals surface area contributed by atoms with Crippen LogP contribution in [0.1, 0.15) is 11.1 Å². The van der Waals surface area contributed by atoms with Gasteiger partial charge >= 0.3 is 0 Å².